The second-order valence-electron chi connectivity index (χ2n) is 7.15. The van der Waals surface area contributed by atoms with Crippen LogP contribution in [-0.4, -0.2) is 53.9 Å². The molecule has 0 radical (unpaired) electrons. The number of sulfonamides is 1. The van der Waals surface area contributed by atoms with Crippen molar-refractivity contribution in [2.24, 2.45) is 5.92 Å². The molecule has 1 saturated heterocycles. The standard InChI is InChI=1S/C18H27N3O3S/c1-20(13-16-9-4-5-11-19-16)25(23,24)17-10-6-12-21(14-17)18(22)15-7-2-3-8-15/h4-5,9,11,15,17H,2-3,6-8,10,12-14H2,1H3/t17-/m0/s1. The van der Waals surface area contributed by atoms with Crippen molar-refractivity contribution >= 4 is 15.9 Å². The second kappa shape index (κ2) is 7.83. The van der Waals surface area contributed by atoms with Crippen LogP contribution < -0.4 is 0 Å². The monoisotopic (exact) mass is 365 g/mol. The molecule has 2 fully saturated rings. The summed E-state index contributed by atoms with van der Waals surface area (Å²) in [5.74, 6) is 0.262. The van der Waals surface area contributed by atoms with Gasteiger partial charge in [-0.2, -0.15) is 4.31 Å². The molecule has 1 saturated carbocycles. The first kappa shape index (κ1) is 18.3. The molecule has 0 N–H and O–H groups in total. The van der Waals surface area contributed by atoms with E-state index in [-0.39, 0.29) is 18.4 Å². The predicted octanol–water partition coefficient (Wildman–Crippen LogP) is 2.02. The van der Waals surface area contributed by atoms with Crippen LogP contribution in [0.3, 0.4) is 0 Å². The quantitative estimate of drug-likeness (QED) is 0.800. The normalized spacial score (nSPS) is 22.5. The highest BCUT2D eigenvalue weighted by atomic mass is 32.2. The van der Waals surface area contributed by atoms with Gasteiger partial charge in [0.05, 0.1) is 17.5 Å². The van der Waals surface area contributed by atoms with Crippen molar-refractivity contribution < 1.29 is 13.2 Å². The number of carbonyl (C=O) groups is 1. The van der Waals surface area contributed by atoms with Crippen molar-refractivity contribution in [1.29, 1.82) is 0 Å². The molecule has 7 heteroatoms. The second-order valence-corrected chi connectivity index (χ2v) is 9.47. The molecule has 0 bridgehead atoms. The SMILES string of the molecule is CN(Cc1ccccn1)S(=O)(=O)[C@H]1CCCN(C(=O)C2CCCC2)C1. The maximum absolute atomic E-state index is 12.9. The molecule has 0 spiro atoms. The molecule has 138 valence electrons. The Kier molecular flexibility index (Phi) is 5.74. The van der Waals surface area contributed by atoms with Gasteiger partial charge in [0.2, 0.25) is 15.9 Å². The number of aromatic nitrogens is 1. The average molecular weight is 365 g/mol. The van der Waals surface area contributed by atoms with Gasteiger partial charge in [-0.1, -0.05) is 18.9 Å². The first-order chi connectivity index (χ1) is 12.0. The van der Waals surface area contributed by atoms with E-state index < -0.39 is 15.3 Å². The molecule has 1 amide bonds. The van der Waals surface area contributed by atoms with E-state index in [9.17, 15) is 13.2 Å². The van der Waals surface area contributed by atoms with Crippen LogP contribution in [0.4, 0.5) is 0 Å². The number of pyridine rings is 1. The van der Waals surface area contributed by atoms with Crippen LogP contribution in [0.15, 0.2) is 24.4 Å². The molecule has 25 heavy (non-hydrogen) atoms. The summed E-state index contributed by atoms with van der Waals surface area (Å²) in [7, 11) is -1.85. The lowest BCUT2D eigenvalue weighted by Crippen LogP contribution is -2.49. The summed E-state index contributed by atoms with van der Waals surface area (Å²) < 4.78 is 27.3. The van der Waals surface area contributed by atoms with Crippen molar-refractivity contribution in [2.75, 3.05) is 20.1 Å². The number of rotatable bonds is 5. The molecule has 1 aromatic heterocycles. The molecule has 1 atom stereocenters. The average Bonchev–Trinajstić information content (AvgIpc) is 3.16. The van der Waals surface area contributed by atoms with E-state index >= 15 is 0 Å². The number of carbonyl (C=O) groups excluding carboxylic acids is 1. The fourth-order valence-corrected chi connectivity index (χ4v) is 5.53. The smallest absolute Gasteiger partial charge is 0.225 e. The van der Waals surface area contributed by atoms with Crippen LogP contribution in [0.1, 0.15) is 44.2 Å². The van der Waals surface area contributed by atoms with Crippen molar-refractivity contribution in [3.63, 3.8) is 0 Å². The molecule has 1 aliphatic carbocycles. The molecule has 0 aromatic carbocycles. The topological polar surface area (TPSA) is 70.6 Å². The first-order valence-corrected chi connectivity index (χ1v) is 10.6. The summed E-state index contributed by atoms with van der Waals surface area (Å²) >= 11 is 0. The van der Waals surface area contributed by atoms with Gasteiger partial charge in [-0.05, 0) is 37.8 Å². The molecule has 2 heterocycles. The molecular weight excluding hydrogens is 338 g/mol. The van der Waals surface area contributed by atoms with Crippen molar-refractivity contribution in [1.82, 2.24) is 14.2 Å². The molecule has 1 aliphatic heterocycles. The van der Waals surface area contributed by atoms with E-state index in [2.05, 4.69) is 4.98 Å². The van der Waals surface area contributed by atoms with Crippen molar-refractivity contribution in [3.8, 4) is 0 Å². The van der Waals surface area contributed by atoms with Gasteiger partial charge in [0, 0.05) is 32.3 Å². The van der Waals surface area contributed by atoms with Crippen molar-refractivity contribution in [3.05, 3.63) is 30.1 Å². The van der Waals surface area contributed by atoms with Gasteiger partial charge in [0.1, 0.15) is 0 Å². The van der Waals surface area contributed by atoms with Gasteiger partial charge < -0.3 is 4.90 Å². The molecule has 6 nitrogen and oxygen atoms in total. The Hall–Kier alpha value is -1.47. The third-order valence-corrected chi connectivity index (χ3v) is 7.59. The highest BCUT2D eigenvalue weighted by Crippen LogP contribution is 2.29. The fraction of sp³-hybridized carbons (Fsp3) is 0.667. The Morgan fingerprint density at radius 3 is 2.68 bits per heavy atom. The van der Waals surface area contributed by atoms with E-state index in [0.717, 1.165) is 37.8 Å². The lowest BCUT2D eigenvalue weighted by Gasteiger charge is -2.35. The Morgan fingerprint density at radius 1 is 1.24 bits per heavy atom. The Balaban J connectivity index is 1.65. The summed E-state index contributed by atoms with van der Waals surface area (Å²) in [6, 6.07) is 5.49. The van der Waals surface area contributed by atoms with Crippen LogP contribution >= 0.6 is 0 Å². The minimum atomic E-state index is -3.45. The van der Waals surface area contributed by atoms with Crippen LogP contribution in [0.5, 0.6) is 0 Å². The van der Waals surface area contributed by atoms with Gasteiger partial charge >= 0.3 is 0 Å². The number of piperidine rings is 1. The van der Waals surface area contributed by atoms with Gasteiger partial charge in [0.15, 0.2) is 0 Å². The summed E-state index contributed by atoms with van der Waals surface area (Å²) in [6.45, 7) is 1.27. The first-order valence-electron chi connectivity index (χ1n) is 9.12. The third-order valence-electron chi connectivity index (χ3n) is 5.36. The Morgan fingerprint density at radius 2 is 2.00 bits per heavy atom. The van der Waals surface area contributed by atoms with Crippen molar-refractivity contribution in [2.45, 2.75) is 50.3 Å². The molecule has 1 aromatic rings. The number of hydrogen-bond donors (Lipinski definition) is 0. The lowest BCUT2D eigenvalue weighted by molar-refractivity contribution is -0.136. The number of hydrogen-bond acceptors (Lipinski definition) is 4. The van der Waals surface area contributed by atoms with Crippen LogP contribution in [-0.2, 0) is 21.4 Å². The highest BCUT2D eigenvalue weighted by Gasteiger charge is 2.37. The summed E-state index contributed by atoms with van der Waals surface area (Å²) in [5.41, 5.74) is 0.725. The Labute approximate surface area is 150 Å². The minimum absolute atomic E-state index is 0.104. The van der Waals surface area contributed by atoms with Crippen LogP contribution in [0.2, 0.25) is 0 Å². The van der Waals surface area contributed by atoms with Gasteiger partial charge in [-0.3, -0.25) is 9.78 Å². The zero-order valence-electron chi connectivity index (χ0n) is 14.8. The maximum Gasteiger partial charge on any atom is 0.225 e. The zero-order chi connectivity index (χ0) is 17.9. The largest absolute Gasteiger partial charge is 0.341 e. The third kappa shape index (κ3) is 4.20. The minimum Gasteiger partial charge on any atom is -0.341 e. The van der Waals surface area contributed by atoms with E-state index in [4.69, 9.17) is 0 Å². The highest BCUT2D eigenvalue weighted by molar-refractivity contribution is 7.89. The molecule has 0 unspecified atom stereocenters. The van der Waals surface area contributed by atoms with Crippen LogP contribution in [0, 0.1) is 5.92 Å². The lowest BCUT2D eigenvalue weighted by atomic mass is 10.0. The molecular formula is C18H27N3O3S. The number of amides is 1. The Bertz CT molecular complexity index is 687. The maximum atomic E-state index is 12.9. The van der Waals surface area contributed by atoms with E-state index in [0.29, 0.717) is 19.5 Å². The van der Waals surface area contributed by atoms with E-state index in [1.807, 2.05) is 18.2 Å². The zero-order valence-corrected chi connectivity index (χ0v) is 15.6. The van der Waals surface area contributed by atoms with Crippen LogP contribution in [0.25, 0.3) is 0 Å². The van der Waals surface area contributed by atoms with Gasteiger partial charge in [-0.25, -0.2) is 8.42 Å². The van der Waals surface area contributed by atoms with Gasteiger partial charge in [-0.15, -0.1) is 0 Å². The summed E-state index contributed by atoms with van der Waals surface area (Å²) in [5, 5.41) is -0.514. The number of nitrogens with zero attached hydrogens (tertiary/aromatic N) is 3. The molecule has 2 aliphatic rings. The molecule has 3 rings (SSSR count). The van der Waals surface area contributed by atoms with Gasteiger partial charge in [0.25, 0.3) is 0 Å². The van der Waals surface area contributed by atoms with E-state index in [1.165, 1.54) is 4.31 Å². The summed E-state index contributed by atoms with van der Waals surface area (Å²) in [6.07, 6.45) is 7.15. The van der Waals surface area contributed by atoms with E-state index in [1.54, 1.807) is 18.1 Å². The summed E-state index contributed by atoms with van der Waals surface area (Å²) in [4.78, 5) is 18.6. The predicted molar refractivity (Wildman–Crippen MR) is 96.2 cm³/mol. The fourth-order valence-electron chi connectivity index (χ4n) is 3.88. The number of likely N-dealkylation sites (tertiary alicyclic amines) is 1.